The van der Waals surface area contributed by atoms with Crippen LogP contribution in [0.4, 0.5) is 23.4 Å². The van der Waals surface area contributed by atoms with Crippen molar-refractivity contribution in [2.45, 2.75) is 32.2 Å². The van der Waals surface area contributed by atoms with Gasteiger partial charge in [0.1, 0.15) is 5.82 Å². The molecule has 41 heavy (non-hydrogen) atoms. The molecule has 11 heteroatoms. The highest BCUT2D eigenvalue weighted by molar-refractivity contribution is 5.36. The standard InChI is InChI=1S/C30H29F4N5O2/c31-26-13-7-12-25(30(32,33)34)24(26)21-39-29(41)38(15-14-22-8-3-1-4-9-22)28(40)27(35-39)37-18-16-36(17-19-37)20-23-10-5-2-6-11-23/h1-13H,14-21H2. The van der Waals surface area contributed by atoms with E-state index in [1.165, 1.54) is 0 Å². The Morgan fingerprint density at radius 2 is 1.39 bits per heavy atom. The van der Waals surface area contributed by atoms with Gasteiger partial charge in [-0.25, -0.2) is 13.9 Å². The molecular weight excluding hydrogens is 538 g/mol. The van der Waals surface area contributed by atoms with Crippen LogP contribution in [0.3, 0.4) is 0 Å². The summed E-state index contributed by atoms with van der Waals surface area (Å²) >= 11 is 0. The summed E-state index contributed by atoms with van der Waals surface area (Å²) in [5.74, 6) is -1.14. The number of aromatic nitrogens is 3. The Morgan fingerprint density at radius 1 is 0.756 bits per heavy atom. The predicted molar refractivity (Wildman–Crippen MR) is 147 cm³/mol. The minimum absolute atomic E-state index is 0.00538. The molecular formula is C30H29F4N5O2. The van der Waals surface area contributed by atoms with Gasteiger partial charge in [0, 0.05) is 44.8 Å². The van der Waals surface area contributed by atoms with E-state index in [1.54, 1.807) is 4.90 Å². The van der Waals surface area contributed by atoms with E-state index in [2.05, 4.69) is 10.00 Å². The molecule has 0 N–H and O–H groups in total. The molecule has 3 aromatic carbocycles. The molecule has 0 amide bonds. The molecule has 1 aliphatic heterocycles. The maximum absolute atomic E-state index is 14.7. The van der Waals surface area contributed by atoms with Gasteiger partial charge in [-0.15, -0.1) is 5.10 Å². The Bertz CT molecular complexity index is 1600. The summed E-state index contributed by atoms with van der Waals surface area (Å²) in [5, 5.41) is 4.22. The number of hydrogen-bond acceptors (Lipinski definition) is 5. The molecule has 7 nitrogen and oxygen atoms in total. The fraction of sp³-hybridized carbons (Fsp3) is 0.300. The van der Waals surface area contributed by atoms with E-state index >= 15 is 0 Å². The van der Waals surface area contributed by atoms with Crippen LogP contribution in [0.1, 0.15) is 22.3 Å². The number of benzene rings is 3. The fourth-order valence-corrected chi connectivity index (χ4v) is 5.03. The minimum atomic E-state index is -4.83. The Morgan fingerprint density at radius 3 is 2.02 bits per heavy atom. The van der Waals surface area contributed by atoms with Crippen molar-refractivity contribution in [3.8, 4) is 0 Å². The lowest BCUT2D eigenvalue weighted by Crippen LogP contribution is -2.51. The van der Waals surface area contributed by atoms with Crippen LogP contribution in [0.15, 0.2) is 88.5 Å². The van der Waals surface area contributed by atoms with Crippen molar-refractivity contribution in [1.29, 1.82) is 0 Å². The lowest BCUT2D eigenvalue weighted by atomic mass is 10.1. The monoisotopic (exact) mass is 567 g/mol. The number of nitrogens with zero attached hydrogens (tertiary/aromatic N) is 5. The molecule has 0 radical (unpaired) electrons. The third-order valence-corrected chi connectivity index (χ3v) is 7.22. The first-order valence-electron chi connectivity index (χ1n) is 13.3. The van der Waals surface area contributed by atoms with Crippen LogP contribution < -0.4 is 16.1 Å². The SMILES string of the molecule is O=c1c(N2CCN(Cc3ccccc3)CC2)nn(Cc2c(F)cccc2C(F)(F)F)c(=O)n1CCc1ccccc1. The zero-order chi connectivity index (χ0) is 29.0. The molecule has 1 aromatic heterocycles. The first-order chi connectivity index (χ1) is 19.7. The molecule has 1 fully saturated rings. The fourth-order valence-electron chi connectivity index (χ4n) is 5.03. The first kappa shape index (κ1) is 28.3. The molecule has 0 unspecified atom stereocenters. The van der Waals surface area contributed by atoms with Crippen molar-refractivity contribution in [3.05, 3.63) is 128 Å². The summed E-state index contributed by atoms with van der Waals surface area (Å²) in [5.41, 5.74) is -1.38. The highest BCUT2D eigenvalue weighted by Gasteiger charge is 2.35. The van der Waals surface area contributed by atoms with Gasteiger partial charge in [-0.3, -0.25) is 14.3 Å². The maximum atomic E-state index is 14.7. The van der Waals surface area contributed by atoms with Crippen molar-refractivity contribution in [2.24, 2.45) is 0 Å². The third-order valence-electron chi connectivity index (χ3n) is 7.22. The average Bonchev–Trinajstić information content (AvgIpc) is 2.96. The summed E-state index contributed by atoms with van der Waals surface area (Å²) in [7, 11) is 0. The molecule has 5 rings (SSSR count). The number of piperazine rings is 1. The van der Waals surface area contributed by atoms with Crippen molar-refractivity contribution in [3.63, 3.8) is 0 Å². The van der Waals surface area contributed by atoms with Gasteiger partial charge in [0.15, 0.2) is 0 Å². The summed E-state index contributed by atoms with van der Waals surface area (Å²) < 4.78 is 57.6. The smallest absolute Gasteiger partial charge is 0.348 e. The molecule has 1 aliphatic rings. The maximum Gasteiger partial charge on any atom is 0.416 e. The van der Waals surface area contributed by atoms with Gasteiger partial charge in [-0.1, -0.05) is 66.7 Å². The zero-order valence-corrected chi connectivity index (χ0v) is 22.2. The van der Waals surface area contributed by atoms with E-state index in [4.69, 9.17) is 0 Å². The Labute approximate surface area is 233 Å². The van der Waals surface area contributed by atoms with Crippen molar-refractivity contribution < 1.29 is 17.6 Å². The number of halogens is 4. The van der Waals surface area contributed by atoms with Crippen LogP contribution in [-0.2, 0) is 32.2 Å². The quantitative estimate of drug-likeness (QED) is 0.299. The van der Waals surface area contributed by atoms with Gasteiger partial charge < -0.3 is 4.90 Å². The van der Waals surface area contributed by atoms with E-state index in [1.807, 2.05) is 60.7 Å². The number of anilines is 1. The normalized spacial score (nSPS) is 14.4. The Hall–Kier alpha value is -4.25. The van der Waals surface area contributed by atoms with E-state index in [0.717, 1.165) is 45.1 Å². The number of hydrogen-bond donors (Lipinski definition) is 0. The van der Waals surface area contributed by atoms with Crippen molar-refractivity contribution in [1.82, 2.24) is 19.2 Å². The van der Waals surface area contributed by atoms with E-state index in [9.17, 15) is 27.2 Å². The summed E-state index contributed by atoms with van der Waals surface area (Å²) in [6.45, 7) is 2.05. The van der Waals surface area contributed by atoms with Gasteiger partial charge in [0.2, 0.25) is 5.82 Å². The average molecular weight is 568 g/mol. The molecule has 1 saturated heterocycles. The highest BCUT2D eigenvalue weighted by Crippen LogP contribution is 2.33. The molecule has 0 atom stereocenters. The number of rotatable bonds is 8. The third kappa shape index (κ3) is 6.57. The number of alkyl halides is 3. The zero-order valence-electron chi connectivity index (χ0n) is 22.2. The van der Waals surface area contributed by atoms with Gasteiger partial charge in [0.25, 0.3) is 5.56 Å². The molecule has 0 bridgehead atoms. The highest BCUT2D eigenvalue weighted by atomic mass is 19.4. The van der Waals surface area contributed by atoms with Crippen LogP contribution in [0.25, 0.3) is 0 Å². The molecule has 0 aliphatic carbocycles. The first-order valence-corrected chi connectivity index (χ1v) is 13.3. The van der Waals surface area contributed by atoms with Gasteiger partial charge >= 0.3 is 11.9 Å². The molecule has 2 heterocycles. The summed E-state index contributed by atoms with van der Waals surface area (Å²) in [6.07, 6.45) is -4.49. The van der Waals surface area contributed by atoms with Crippen LogP contribution in [0.5, 0.6) is 0 Å². The summed E-state index contributed by atoms with van der Waals surface area (Å²) in [6, 6.07) is 21.8. The van der Waals surface area contributed by atoms with Crippen LogP contribution in [0, 0.1) is 5.82 Å². The van der Waals surface area contributed by atoms with E-state index in [-0.39, 0.29) is 12.4 Å². The van der Waals surface area contributed by atoms with Gasteiger partial charge in [-0.05, 0) is 29.7 Å². The second kappa shape index (κ2) is 12.1. The van der Waals surface area contributed by atoms with E-state index in [0.29, 0.717) is 32.6 Å². The second-order valence-electron chi connectivity index (χ2n) is 9.97. The second-order valence-corrected chi connectivity index (χ2v) is 9.97. The molecule has 214 valence electrons. The molecule has 0 saturated carbocycles. The lowest BCUT2D eigenvalue weighted by Gasteiger charge is -2.35. The number of aryl methyl sites for hydroxylation is 1. The van der Waals surface area contributed by atoms with Gasteiger partial charge in [-0.2, -0.15) is 13.2 Å². The minimum Gasteiger partial charge on any atom is -0.348 e. The lowest BCUT2D eigenvalue weighted by molar-refractivity contribution is -0.138. The predicted octanol–water partition coefficient (Wildman–Crippen LogP) is 4.18. The van der Waals surface area contributed by atoms with Gasteiger partial charge in [0.05, 0.1) is 12.1 Å². The molecule has 0 spiro atoms. The topological polar surface area (TPSA) is 63.4 Å². The van der Waals surface area contributed by atoms with Crippen molar-refractivity contribution >= 4 is 5.82 Å². The van der Waals surface area contributed by atoms with Crippen LogP contribution >= 0.6 is 0 Å². The summed E-state index contributed by atoms with van der Waals surface area (Å²) in [4.78, 5) is 30.9. The Balaban J connectivity index is 1.48. The van der Waals surface area contributed by atoms with Crippen LogP contribution in [0.2, 0.25) is 0 Å². The van der Waals surface area contributed by atoms with Crippen molar-refractivity contribution in [2.75, 3.05) is 31.1 Å². The molecule has 4 aromatic rings. The van der Waals surface area contributed by atoms with Crippen LogP contribution in [-0.4, -0.2) is 45.4 Å². The van der Waals surface area contributed by atoms with E-state index < -0.39 is 40.9 Å². The largest absolute Gasteiger partial charge is 0.416 e. The Kier molecular flexibility index (Phi) is 8.34.